The molecule has 0 saturated carbocycles. The van der Waals surface area contributed by atoms with Gasteiger partial charge < -0.3 is 4.74 Å². The summed E-state index contributed by atoms with van der Waals surface area (Å²) >= 11 is 3.49. The fourth-order valence-electron chi connectivity index (χ4n) is 1.89. The van der Waals surface area contributed by atoms with Gasteiger partial charge in [0.15, 0.2) is 0 Å². The fraction of sp³-hybridized carbons (Fsp3) is 0.467. The van der Waals surface area contributed by atoms with Crippen LogP contribution in [-0.2, 0) is 11.3 Å². The standard InChI is InChI=1S/C15H19BrN2O2/c1-4-18(9-11(2)8-17)10-13-6-5-12(7-14(13)16)15(19)20-3/h5-7,11H,4,9-10H2,1-3H3. The largest absolute Gasteiger partial charge is 0.465 e. The van der Waals surface area contributed by atoms with Crippen LogP contribution in [0.3, 0.4) is 0 Å². The molecule has 0 N–H and O–H groups in total. The highest BCUT2D eigenvalue weighted by molar-refractivity contribution is 9.10. The highest BCUT2D eigenvalue weighted by Crippen LogP contribution is 2.21. The van der Waals surface area contributed by atoms with Crippen molar-refractivity contribution < 1.29 is 9.53 Å². The van der Waals surface area contributed by atoms with Gasteiger partial charge in [0.2, 0.25) is 0 Å². The van der Waals surface area contributed by atoms with Crippen LogP contribution in [0.25, 0.3) is 0 Å². The van der Waals surface area contributed by atoms with Gasteiger partial charge in [-0.25, -0.2) is 4.79 Å². The van der Waals surface area contributed by atoms with Crippen LogP contribution in [0, 0.1) is 17.2 Å². The molecule has 0 aromatic heterocycles. The minimum atomic E-state index is -0.345. The maximum absolute atomic E-state index is 11.5. The van der Waals surface area contributed by atoms with E-state index in [9.17, 15) is 4.79 Å². The smallest absolute Gasteiger partial charge is 0.337 e. The van der Waals surface area contributed by atoms with E-state index < -0.39 is 0 Å². The number of methoxy groups -OCH3 is 1. The van der Waals surface area contributed by atoms with E-state index in [1.165, 1.54) is 7.11 Å². The molecule has 1 atom stereocenters. The Hall–Kier alpha value is -1.38. The Kier molecular flexibility index (Phi) is 6.69. The van der Waals surface area contributed by atoms with Crippen LogP contribution in [0.1, 0.15) is 29.8 Å². The van der Waals surface area contributed by atoms with Crippen LogP contribution in [-0.4, -0.2) is 31.1 Å². The van der Waals surface area contributed by atoms with Gasteiger partial charge in [-0.2, -0.15) is 5.26 Å². The molecule has 0 aliphatic rings. The first-order chi connectivity index (χ1) is 9.51. The number of nitrogens with zero attached hydrogens (tertiary/aromatic N) is 2. The van der Waals surface area contributed by atoms with E-state index in [0.717, 1.165) is 29.7 Å². The summed E-state index contributed by atoms with van der Waals surface area (Å²) in [4.78, 5) is 13.7. The Morgan fingerprint density at radius 3 is 2.75 bits per heavy atom. The number of carbonyl (C=O) groups is 1. The molecule has 0 spiro atoms. The minimum absolute atomic E-state index is 0.00284. The van der Waals surface area contributed by atoms with E-state index in [2.05, 4.69) is 33.8 Å². The van der Waals surface area contributed by atoms with Crippen molar-refractivity contribution in [3.8, 4) is 6.07 Å². The molecular weight excluding hydrogens is 320 g/mol. The zero-order valence-corrected chi connectivity index (χ0v) is 13.6. The van der Waals surface area contributed by atoms with Crippen molar-refractivity contribution in [1.82, 2.24) is 4.90 Å². The summed E-state index contributed by atoms with van der Waals surface area (Å²) < 4.78 is 5.57. The molecule has 0 fully saturated rings. The third-order valence-electron chi connectivity index (χ3n) is 3.07. The molecule has 20 heavy (non-hydrogen) atoms. The van der Waals surface area contributed by atoms with Gasteiger partial charge in [0, 0.05) is 17.6 Å². The van der Waals surface area contributed by atoms with Crippen LogP contribution < -0.4 is 0 Å². The average Bonchev–Trinajstić information content (AvgIpc) is 2.47. The van der Waals surface area contributed by atoms with Crippen LogP contribution >= 0.6 is 15.9 Å². The molecule has 0 bridgehead atoms. The van der Waals surface area contributed by atoms with Crippen molar-refractivity contribution >= 4 is 21.9 Å². The molecule has 1 rings (SSSR count). The average molecular weight is 339 g/mol. The molecule has 0 amide bonds. The molecule has 108 valence electrons. The second kappa shape index (κ2) is 8.03. The number of carbonyl (C=O) groups excluding carboxylic acids is 1. The van der Waals surface area contributed by atoms with Crippen LogP contribution in [0.15, 0.2) is 22.7 Å². The predicted molar refractivity (Wildman–Crippen MR) is 81.2 cm³/mol. The van der Waals surface area contributed by atoms with Gasteiger partial charge in [0.25, 0.3) is 0 Å². The van der Waals surface area contributed by atoms with Crippen LogP contribution in [0.4, 0.5) is 0 Å². The molecule has 5 heteroatoms. The van der Waals surface area contributed by atoms with Crippen molar-refractivity contribution in [1.29, 1.82) is 5.26 Å². The number of rotatable bonds is 6. The number of ether oxygens (including phenoxy) is 1. The summed E-state index contributed by atoms with van der Waals surface area (Å²) in [6.45, 7) is 6.33. The van der Waals surface area contributed by atoms with Crippen LogP contribution in [0.5, 0.6) is 0 Å². The molecular formula is C15H19BrN2O2. The molecule has 4 nitrogen and oxygen atoms in total. The maximum atomic E-state index is 11.5. The number of benzene rings is 1. The van der Waals surface area contributed by atoms with Gasteiger partial charge in [-0.1, -0.05) is 28.9 Å². The minimum Gasteiger partial charge on any atom is -0.465 e. The number of nitriles is 1. The highest BCUT2D eigenvalue weighted by Gasteiger charge is 2.12. The Morgan fingerprint density at radius 1 is 1.55 bits per heavy atom. The molecule has 0 aliphatic heterocycles. The summed E-state index contributed by atoms with van der Waals surface area (Å²) in [5, 5.41) is 8.89. The first-order valence-corrected chi connectivity index (χ1v) is 7.29. The Balaban J connectivity index is 2.82. The fourth-order valence-corrected chi connectivity index (χ4v) is 2.40. The first-order valence-electron chi connectivity index (χ1n) is 6.50. The third-order valence-corrected chi connectivity index (χ3v) is 3.81. The van der Waals surface area contributed by atoms with E-state index >= 15 is 0 Å². The molecule has 0 aliphatic carbocycles. The van der Waals surface area contributed by atoms with Crippen LogP contribution in [0.2, 0.25) is 0 Å². The number of hydrogen-bond acceptors (Lipinski definition) is 4. The topological polar surface area (TPSA) is 53.3 Å². The summed E-state index contributed by atoms with van der Waals surface area (Å²) in [7, 11) is 1.37. The second-order valence-electron chi connectivity index (χ2n) is 4.66. The first kappa shape index (κ1) is 16.7. The van der Waals surface area contributed by atoms with Gasteiger partial charge in [-0.3, -0.25) is 4.90 Å². The molecule has 0 saturated heterocycles. The number of esters is 1. The lowest BCUT2D eigenvalue weighted by molar-refractivity contribution is 0.0600. The second-order valence-corrected chi connectivity index (χ2v) is 5.51. The lowest BCUT2D eigenvalue weighted by Crippen LogP contribution is -2.27. The van der Waals surface area contributed by atoms with E-state index in [0.29, 0.717) is 5.56 Å². The Morgan fingerprint density at radius 2 is 2.25 bits per heavy atom. The maximum Gasteiger partial charge on any atom is 0.337 e. The highest BCUT2D eigenvalue weighted by atomic mass is 79.9. The van der Waals surface area contributed by atoms with Gasteiger partial charge in [-0.15, -0.1) is 0 Å². The lowest BCUT2D eigenvalue weighted by Gasteiger charge is -2.22. The van der Waals surface area contributed by atoms with Crippen molar-refractivity contribution in [2.75, 3.05) is 20.2 Å². The zero-order chi connectivity index (χ0) is 15.1. The molecule has 1 aromatic rings. The number of hydrogen-bond donors (Lipinski definition) is 0. The zero-order valence-electron chi connectivity index (χ0n) is 12.0. The van der Waals surface area contributed by atoms with Crippen molar-refractivity contribution in [3.63, 3.8) is 0 Å². The SMILES string of the molecule is CCN(Cc1ccc(C(=O)OC)cc1Br)CC(C)C#N. The molecule has 1 unspecified atom stereocenters. The van der Waals surface area contributed by atoms with E-state index in [1.54, 1.807) is 12.1 Å². The normalized spacial score (nSPS) is 12.0. The molecule has 1 aromatic carbocycles. The summed E-state index contributed by atoms with van der Waals surface area (Å²) in [6.07, 6.45) is 0. The van der Waals surface area contributed by atoms with Gasteiger partial charge in [0.1, 0.15) is 0 Å². The monoisotopic (exact) mass is 338 g/mol. The van der Waals surface area contributed by atoms with E-state index in [1.807, 2.05) is 13.0 Å². The van der Waals surface area contributed by atoms with Crippen molar-refractivity contribution in [3.05, 3.63) is 33.8 Å². The van der Waals surface area contributed by atoms with Crippen molar-refractivity contribution in [2.45, 2.75) is 20.4 Å². The molecule has 0 radical (unpaired) electrons. The summed E-state index contributed by atoms with van der Waals surface area (Å²) in [5.41, 5.74) is 1.61. The quantitative estimate of drug-likeness (QED) is 0.747. The third kappa shape index (κ3) is 4.62. The predicted octanol–water partition coefficient (Wildman–Crippen LogP) is 3.22. The van der Waals surface area contributed by atoms with Gasteiger partial charge in [-0.05, 0) is 31.2 Å². The lowest BCUT2D eigenvalue weighted by atomic mass is 10.1. The van der Waals surface area contributed by atoms with E-state index in [-0.39, 0.29) is 11.9 Å². The van der Waals surface area contributed by atoms with Gasteiger partial charge in [0.05, 0.1) is 24.7 Å². The Bertz CT molecular complexity index is 511. The summed E-state index contributed by atoms with van der Waals surface area (Å²) in [6, 6.07) is 7.68. The molecule has 0 heterocycles. The number of halogens is 1. The Labute approximate surface area is 128 Å². The summed E-state index contributed by atoms with van der Waals surface area (Å²) in [5.74, 6) is -0.342. The van der Waals surface area contributed by atoms with E-state index in [4.69, 9.17) is 10.00 Å². The van der Waals surface area contributed by atoms with Crippen molar-refractivity contribution in [2.24, 2.45) is 5.92 Å². The van der Waals surface area contributed by atoms with Gasteiger partial charge >= 0.3 is 5.97 Å².